The first-order valence-electron chi connectivity index (χ1n) is 7.01. The van der Waals surface area contributed by atoms with Gasteiger partial charge in [0.15, 0.2) is 0 Å². The van der Waals surface area contributed by atoms with Crippen LogP contribution < -0.4 is 10.5 Å². The highest BCUT2D eigenvalue weighted by Gasteiger charge is 2.18. The van der Waals surface area contributed by atoms with E-state index in [1.807, 2.05) is 42.5 Å². The zero-order valence-electron chi connectivity index (χ0n) is 12.7. The first-order chi connectivity index (χ1) is 9.86. The van der Waals surface area contributed by atoms with Gasteiger partial charge in [0.1, 0.15) is 11.5 Å². The third kappa shape index (κ3) is 4.09. The fraction of sp³-hybridized carbons (Fsp3) is 0.278. The van der Waals surface area contributed by atoms with Crippen LogP contribution in [0.5, 0.6) is 11.5 Å². The number of nitrogens with two attached hydrogens (primary N) is 1. The first-order valence-corrected chi connectivity index (χ1v) is 7.01. The number of benzene rings is 2. The molecule has 110 valence electrons. The van der Waals surface area contributed by atoms with E-state index in [0.29, 0.717) is 5.75 Å². The molecule has 0 aliphatic carbocycles. The lowest BCUT2D eigenvalue weighted by Gasteiger charge is -2.22. The van der Waals surface area contributed by atoms with Crippen LogP contribution in [-0.4, -0.2) is 5.91 Å². The van der Waals surface area contributed by atoms with Gasteiger partial charge in [-0.1, -0.05) is 51.1 Å². The Balaban J connectivity index is 2.29. The molecule has 0 aliphatic heterocycles. The van der Waals surface area contributed by atoms with Gasteiger partial charge in [-0.3, -0.25) is 4.79 Å². The molecule has 0 atom stereocenters. The van der Waals surface area contributed by atoms with Crippen molar-refractivity contribution in [2.45, 2.75) is 32.6 Å². The predicted molar refractivity (Wildman–Crippen MR) is 84.6 cm³/mol. The molecule has 0 aromatic heterocycles. The Bertz CT molecular complexity index is 642. The van der Waals surface area contributed by atoms with E-state index in [-0.39, 0.29) is 17.7 Å². The Kier molecular flexibility index (Phi) is 4.32. The summed E-state index contributed by atoms with van der Waals surface area (Å²) in [5.41, 5.74) is 7.23. The van der Waals surface area contributed by atoms with Crippen LogP contribution >= 0.6 is 0 Å². The predicted octanol–water partition coefficient (Wildman–Crippen LogP) is 3.80. The van der Waals surface area contributed by atoms with E-state index >= 15 is 0 Å². The van der Waals surface area contributed by atoms with Crippen molar-refractivity contribution in [2.24, 2.45) is 5.73 Å². The maximum absolute atomic E-state index is 11.0. The lowest BCUT2D eigenvalue weighted by atomic mass is 9.86. The Hall–Kier alpha value is -2.29. The Morgan fingerprint density at radius 3 is 2.48 bits per heavy atom. The van der Waals surface area contributed by atoms with Crippen LogP contribution in [0.25, 0.3) is 0 Å². The van der Waals surface area contributed by atoms with E-state index < -0.39 is 0 Å². The summed E-state index contributed by atoms with van der Waals surface area (Å²) in [5.74, 6) is 1.20. The second-order valence-electron chi connectivity index (χ2n) is 6.14. The maximum atomic E-state index is 11.0. The number of carbonyl (C=O) groups excluding carboxylic acids is 1. The average Bonchev–Trinajstić information content (AvgIpc) is 2.37. The summed E-state index contributed by atoms with van der Waals surface area (Å²) in [5, 5.41) is 0. The molecule has 0 fully saturated rings. The molecule has 2 aromatic carbocycles. The van der Waals surface area contributed by atoms with E-state index in [1.54, 1.807) is 0 Å². The SMILES string of the molecule is CC(C)(C)c1ccccc1Oc1cccc(CC(N)=O)c1. The number of ether oxygens (including phenoxy) is 1. The van der Waals surface area contributed by atoms with Crippen LogP contribution in [0.4, 0.5) is 0 Å². The standard InChI is InChI=1S/C18H21NO2/c1-18(2,3)15-9-4-5-10-16(15)21-14-8-6-7-13(11-14)12-17(19)20/h4-11H,12H2,1-3H3,(H2,19,20). The largest absolute Gasteiger partial charge is 0.457 e. The molecule has 0 aliphatic rings. The van der Waals surface area contributed by atoms with Crippen molar-refractivity contribution in [1.82, 2.24) is 0 Å². The number of amides is 1. The first kappa shape index (κ1) is 15.1. The quantitative estimate of drug-likeness (QED) is 0.927. The van der Waals surface area contributed by atoms with E-state index in [1.165, 1.54) is 0 Å². The topological polar surface area (TPSA) is 52.3 Å². The van der Waals surface area contributed by atoms with Gasteiger partial charge in [-0.15, -0.1) is 0 Å². The molecule has 0 unspecified atom stereocenters. The van der Waals surface area contributed by atoms with Crippen molar-refractivity contribution in [3.05, 3.63) is 59.7 Å². The van der Waals surface area contributed by atoms with Gasteiger partial charge in [0.05, 0.1) is 6.42 Å². The maximum Gasteiger partial charge on any atom is 0.221 e. The van der Waals surface area contributed by atoms with Gasteiger partial charge in [-0.2, -0.15) is 0 Å². The number of hydrogen-bond donors (Lipinski definition) is 1. The van der Waals surface area contributed by atoms with Crippen molar-refractivity contribution < 1.29 is 9.53 Å². The molecule has 0 saturated carbocycles. The van der Waals surface area contributed by atoms with Crippen molar-refractivity contribution in [3.63, 3.8) is 0 Å². The molecule has 0 saturated heterocycles. The molecule has 2 rings (SSSR count). The monoisotopic (exact) mass is 283 g/mol. The number of hydrogen-bond acceptors (Lipinski definition) is 2. The second kappa shape index (κ2) is 6.00. The second-order valence-corrected chi connectivity index (χ2v) is 6.14. The molecule has 0 spiro atoms. The highest BCUT2D eigenvalue weighted by Crippen LogP contribution is 2.34. The van der Waals surface area contributed by atoms with E-state index in [4.69, 9.17) is 10.5 Å². The smallest absolute Gasteiger partial charge is 0.221 e. The van der Waals surface area contributed by atoms with Gasteiger partial charge in [0, 0.05) is 5.56 Å². The summed E-state index contributed by atoms with van der Waals surface area (Å²) in [6.07, 6.45) is 0.220. The van der Waals surface area contributed by atoms with Gasteiger partial charge in [-0.25, -0.2) is 0 Å². The molecule has 0 heterocycles. The molecule has 2 aromatic rings. The molecule has 3 heteroatoms. The lowest BCUT2D eigenvalue weighted by molar-refractivity contribution is -0.117. The molecule has 2 N–H and O–H groups in total. The summed E-state index contributed by atoms with van der Waals surface area (Å²) in [6, 6.07) is 15.5. The summed E-state index contributed by atoms with van der Waals surface area (Å²) < 4.78 is 6.01. The van der Waals surface area contributed by atoms with Crippen LogP contribution in [0.15, 0.2) is 48.5 Å². The van der Waals surface area contributed by atoms with Gasteiger partial charge in [-0.05, 0) is 29.2 Å². The summed E-state index contributed by atoms with van der Waals surface area (Å²) in [4.78, 5) is 11.0. The minimum absolute atomic E-state index is 0.00142. The van der Waals surface area contributed by atoms with Crippen molar-refractivity contribution >= 4 is 5.91 Å². The van der Waals surface area contributed by atoms with Crippen LogP contribution in [0.2, 0.25) is 0 Å². The fourth-order valence-electron chi connectivity index (χ4n) is 2.22. The Morgan fingerprint density at radius 2 is 1.81 bits per heavy atom. The zero-order valence-corrected chi connectivity index (χ0v) is 12.7. The molecule has 21 heavy (non-hydrogen) atoms. The van der Waals surface area contributed by atoms with Crippen LogP contribution in [0, 0.1) is 0 Å². The van der Waals surface area contributed by atoms with Crippen molar-refractivity contribution in [3.8, 4) is 11.5 Å². The van der Waals surface area contributed by atoms with Gasteiger partial charge in [0.2, 0.25) is 5.91 Å². The highest BCUT2D eigenvalue weighted by atomic mass is 16.5. The number of rotatable bonds is 4. The molecular formula is C18H21NO2. The highest BCUT2D eigenvalue weighted by molar-refractivity contribution is 5.76. The third-order valence-electron chi connectivity index (χ3n) is 3.20. The number of carbonyl (C=O) groups is 1. The molecule has 0 radical (unpaired) electrons. The van der Waals surface area contributed by atoms with E-state index in [0.717, 1.165) is 16.9 Å². The van der Waals surface area contributed by atoms with Gasteiger partial charge < -0.3 is 10.5 Å². The summed E-state index contributed by atoms with van der Waals surface area (Å²) in [7, 11) is 0. The van der Waals surface area contributed by atoms with Crippen molar-refractivity contribution in [1.29, 1.82) is 0 Å². The van der Waals surface area contributed by atoms with Crippen molar-refractivity contribution in [2.75, 3.05) is 0 Å². The summed E-state index contributed by atoms with van der Waals surface area (Å²) in [6.45, 7) is 6.45. The average molecular weight is 283 g/mol. The number of para-hydroxylation sites is 1. The fourth-order valence-corrected chi connectivity index (χ4v) is 2.22. The summed E-state index contributed by atoms with van der Waals surface area (Å²) >= 11 is 0. The van der Waals surface area contributed by atoms with E-state index in [9.17, 15) is 4.79 Å². The minimum atomic E-state index is -0.345. The van der Waals surface area contributed by atoms with Crippen LogP contribution in [0.1, 0.15) is 31.9 Å². The Morgan fingerprint density at radius 1 is 1.10 bits per heavy atom. The van der Waals surface area contributed by atoms with Crippen LogP contribution in [0.3, 0.4) is 0 Å². The van der Waals surface area contributed by atoms with Gasteiger partial charge >= 0.3 is 0 Å². The Labute approximate surface area is 125 Å². The van der Waals surface area contributed by atoms with E-state index in [2.05, 4.69) is 26.8 Å². The number of primary amides is 1. The molecule has 3 nitrogen and oxygen atoms in total. The molecule has 0 bridgehead atoms. The van der Waals surface area contributed by atoms with Crippen LogP contribution in [-0.2, 0) is 16.6 Å². The molecule has 1 amide bonds. The molecular weight excluding hydrogens is 262 g/mol. The zero-order chi connectivity index (χ0) is 15.5. The minimum Gasteiger partial charge on any atom is -0.457 e. The normalized spacial score (nSPS) is 11.2. The third-order valence-corrected chi connectivity index (χ3v) is 3.20. The lowest BCUT2D eigenvalue weighted by Crippen LogP contribution is -2.13. The van der Waals surface area contributed by atoms with Gasteiger partial charge in [0.25, 0.3) is 0 Å².